The number of benzene rings is 1. The van der Waals surface area contributed by atoms with E-state index in [2.05, 4.69) is 0 Å². The number of hydrogen-bond donors (Lipinski definition) is 2. The largest absolute Gasteiger partial charge is 0.507 e. The lowest BCUT2D eigenvalue weighted by Crippen LogP contribution is -1.92. The summed E-state index contributed by atoms with van der Waals surface area (Å²) in [5, 5.41) is 18.8. The highest BCUT2D eigenvalue weighted by molar-refractivity contribution is 5.85. The molecular weight excluding hydrogens is 240 g/mol. The summed E-state index contributed by atoms with van der Waals surface area (Å²) < 4.78 is 0. The van der Waals surface area contributed by atoms with Gasteiger partial charge in [-0.15, -0.1) is 0 Å². The molecule has 0 unspecified atom stereocenters. The van der Waals surface area contributed by atoms with Crippen molar-refractivity contribution in [3.05, 3.63) is 46.5 Å². The Morgan fingerprint density at radius 2 is 1.89 bits per heavy atom. The van der Waals surface area contributed by atoms with Crippen LogP contribution in [0.1, 0.15) is 37.5 Å². The molecule has 0 spiro atoms. The number of hydrogen-bond acceptors (Lipinski definition) is 2. The van der Waals surface area contributed by atoms with Crippen LogP contribution in [0.5, 0.6) is 5.75 Å². The predicted molar refractivity (Wildman–Crippen MR) is 77.3 cm³/mol. The lowest BCUT2D eigenvalue weighted by atomic mass is 9.99. The molecule has 3 nitrogen and oxygen atoms in total. The molecule has 3 heteroatoms. The van der Waals surface area contributed by atoms with Crippen molar-refractivity contribution in [1.29, 1.82) is 0 Å². The van der Waals surface area contributed by atoms with Crippen LogP contribution in [0.25, 0.3) is 6.08 Å². The molecular formula is C16H20O3. The van der Waals surface area contributed by atoms with Crippen LogP contribution in [-0.4, -0.2) is 16.2 Å². The molecule has 0 saturated carbocycles. The van der Waals surface area contributed by atoms with E-state index in [-0.39, 0.29) is 0 Å². The van der Waals surface area contributed by atoms with Crippen molar-refractivity contribution in [2.24, 2.45) is 0 Å². The number of carbonyl (C=O) groups is 1. The minimum Gasteiger partial charge on any atom is -0.507 e. The monoisotopic (exact) mass is 260 g/mol. The summed E-state index contributed by atoms with van der Waals surface area (Å²) in [6.07, 6.45) is 6.06. The molecule has 0 saturated heterocycles. The second kappa shape index (κ2) is 6.78. The van der Waals surface area contributed by atoms with Crippen molar-refractivity contribution in [3.63, 3.8) is 0 Å². The van der Waals surface area contributed by atoms with Gasteiger partial charge in [0.05, 0.1) is 0 Å². The quantitative estimate of drug-likeness (QED) is 0.628. The number of carboxylic acids is 1. The SMILES string of the molecule is CCc1cc(/C=C/C(=O)O)cc(CC=C(C)C)c1O. The van der Waals surface area contributed by atoms with Crippen LogP contribution in [0, 0.1) is 0 Å². The minimum atomic E-state index is -0.975. The molecule has 102 valence electrons. The minimum absolute atomic E-state index is 0.312. The number of aliphatic carboxylic acids is 1. The van der Waals surface area contributed by atoms with Crippen molar-refractivity contribution >= 4 is 12.0 Å². The van der Waals surface area contributed by atoms with E-state index in [4.69, 9.17) is 5.11 Å². The van der Waals surface area contributed by atoms with Crippen LogP contribution >= 0.6 is 0 Å². The van der Waals surface area contributed by atoms with Gasteiger partial charge in [0.1, 0.15) is 5.75 Å². The Balaban J connectivity index is 3.18. The fourth-order valence-electron chi connectivity index (χ4n) is 1.79. The number of carboxylic acid groups (broad SMARTS) is 1. The van der Waals surface area contributed by atoms with Gasteiger partial charge in [-0.3, -0.25) is 0 Å². The lowest BCUT2D eigenvalue weighted by Gasteiger charge is -2.09. The Bertz CT molecular complexity index is 521. The third-order valence-electron chi connectivity index (χ3n) is 2.82. The first-order valence-corrected chi connectivity index (χ1v) is 6.33. The van der Waals surface area contributed by atoms with Gasteiger partial charge in [-0.05, 0) is 61.6 Å². The van der Waals surface area contributed by atoms with E-state index >= 15 is 0 Å². The number of phenolic OH excluding ortho intramolecular Hbond substituents is 1. The maximum absolute atomic E-state index is 10.5. The second-order valence-electron chi connectivity index (χ2n) is 4.70. The van der Waals surface area contributed by atoms with Crippen LogP contribution in [0.3, 0.4) is 0 Å². The van der Waals surface area contributed by atoms with Crippen LogP contribution in [0.15, 0.2) is 29.9 Å². The molecule has 1 aromatic carbocycles. The van der Waals surface area contributed by atoms with E-state index in [1.165, 1.54) is 5.57 Å². The van der Waals surface area contributed by atoms with Gasteiger partial charge in [-0.1, -0.05) is 18.6 Å². The van der Waals surface area contributed by atoms with Gasteiger partial charge < -0.3 is 10.2 Å². The van der Waals surface area contributed by atoms with E-state index in [1.807, 2.05) is 39.0 Å². The van der Waals surface area contributed by atoms with Crippen molar-refractivity contribution in [2.45, 2.75) is 33.6 Å². The van der Waals surface area contributed by atoms with E-state index in [0.29, 0.717) is 18.6 Å². The molecule has 0 aliphatic carbocycles. The van der Waals surface area contributed by atoms with Crippen molar-refractivity contribution in [1.82, 2.24) is 0 Å². The average Bonchev–Trinajstić information content (AvgIpc) is 2.35. The molecule has 19 heavy (non-hydrogen) atoms. The molecule has 0 fully saturated rings. The highest BCUT2D eigenvalue weighted by Crippen LogP contribution is 2.27. The smallest absolute Gasteiger partial charge is 0.328 e. The Morgan fingerprint density at radius 1 is 1.26 bits per heavy atom. The van der Waals surface area contributed by atoms with Gasteiger partial charge in [0.25, 0.3) is 0 Å². The van der Waals surface area contributed by atoms with E-state index in [1.54, 1.807) is 6.08 Å². The van der Waals surface area contributed by atoms with Gasteiger partial charge in [-0.2, -0.15) is 0 Å². The van der Waals surface area contributed by atoms with Gasteiger partial charge in [0.2, 0.25) is 0 Å². The number of aromatic hydroxyl groups is 1. The molecule has 0 atom stereocenters. The number of phenols is 1. The van der Waals surface area contributed by atoms with Crippen LogP contribution in [0.4, 0.5) is 0 Å². The summed E-state index contributed by atoms with van der Waals surface area (Å²) in [5.41, 5.74) is 3.65. The summed E-state index contributed by atoms with van der Waals surface area (Å²) in [6.45, 7) is 5.97. The number of allylic oxidation sites excluding steroid dienone is 2. The zero-order valence-corrected chi connectivity index (χ0v) is 11.6. The molecule has 0 heterocycles. The summed E-state index contributed by atoms with van der Waals surface area (Å²) in [6, 6.07) is 3.65. The predicted octanol–water partition coefficient (Wildman–Crippen LogP) is 3.56. The average molecular weight is 260 g/mol. The normalized spacial score (nSPS) is 10.7. The Labute approximate surface area is 113 Å². The third-order valence-corrected chi connectivity index (χ3v) is 2.82. The first-order valence-electron chi connectivity index (χ1n) is 6.33. The Hall–Kier alpha value is -2.03. The Morgan fingerprint density at radius 3 is 2.42 bits per heavy atom. The van der Waals surface area contributed by atoms with Gasteiger partial charge in [0, 0.05) is 6.08 Å². The summed E-state index contributed by atoms with van der Waals surface area (Å²) in [5.74, 6) is -0.663. The van der Waals surface area contributed by atoms with Gasteiger partial charge in [0.15, 0.2) is 0 Å². The summed E-state index contributed by atoms with van der Waals surface area (Å²) in [7, 11) is 0. The van der Waals surface area contributed by atoms with Crippen LogP contribution in [-0.2, 0) is 17.6 Å². The molecule has 0 aliphatic rings. The maximum atomic E-state index is 10.5. The topological polar surface area (TPSA) is 57.5 Å². The fraction of sp³-hybridized carbons (Fsp3) is 0.312. The van der Waals surface area contributed by atoms with Crippen molar-refractivity contribution < 1.29 is 15.0 Å². The van der Waals surface area contributed by atoms with E-state index in [9.17, 15) is 9.90 Å². The molecule has 0 aromatic heterocycles. The summed E-state index contributed by atoms with van der Waals surface area (Å²) in [4.78, 5) is 10.5. The molecule has 0 aliphatic heterocycles. The van der Waals surface area contributed by atoms with Crippen molar-refractivity contribution in [2.75, 3.05) is 0 Å². The lowest BCUT2D eigenvalue weighted by molar-refractivity contribution is -0.131. The third kappa shape index (κ3) is 4.62. The summed E-state index contributed by atoms with van der Waals surface area (Å²) >= 11 is 0. The highest BCUT2D eigenvalue weighted by Gasteiger charge is 2.07. The zero-order chi connectivity index (χ0) is 14.4. The highest BCUT2D eigenvalue weighted by atomic mass is 16.4. The number of aryl methyl sites for hydroxylation is 1. The van der Waals surface area contributed by atoms with Crippen molar-refractivity contribution in [3.8, 4) is 5.75 Å². The van der Waals surface area contributed by atoms with Crippen LogP contribution < -0.4 is 0 Å². The maximum Gasteiger partial charge on any atom is 0.328 e. The molecule has 1 aromatic rings. The fourth-order valence-corrected chi connectivity index (χ4v) is 1.79. The van der Waals surface area contributed by atoms with Crippen LogP contribution in [0.2, 0.25) is 0 Å². The molecule has 2 N–H and O–H groups in total. The van der Waals surface area contributed by atoms with Gasteiger partial charge >= 0.3 is 5.97 Å². The Kier molecular flexibility index (Phi) is 5.37. The van der Waals surface area contributed by atoms with E-state index in [0.717, 1.165) is 22.8 Å². The zero-order valence-electron chi connectivity index (χ0n) is 11.6. The molecule has 1 rings (SSSR count). The first kappa shape index (κ1) is 15.0. The molecule has 0 bridgehead atoms. The molecule has 0 radical (unpaired) electrons. The first-order chi connectivity index (χ1) is 8.93. The standard InChI is InChI=1S/C16H20O3/c1-4-13-9-12(6-8-15(17)18)10-14(16(13)19)7-5-11(2)3/h5-6,8-10,19H,4,7H2,1-3H3,(H,17,18)/b8-6+. The van der Waals surface area contributed by atoms with Gasteiger partial charge in [-0.25, -0.2) is 4.79 Å². The molecule has 0 amide bonds. The second-order valence-corrected chi connectivity index (χ2v) is 4.70. The van der Waals surface area contributed by atoms with E-state index < -0.39 is 5.97 Å². The number of rotatable bonds is 5.